The van der Waals surface area contributed by atoms with E-state index in [-0.39, 0.29) is 11.3 Å². The van der Waals surface area contributed by atoms with Gasteiger partial charge in [-0.2, -0.15) is 0 Å². The summed E-state index contributed by atoms with van der Waals surface area (Å²) in [4.78, 5) is 24.2. The van der Waals surface area contributed by atoms with Gasteiger partial charge in [0.05, 0.1) is 0 Å². The fraction of sp³-hybridized carbons (Fsp3) is 0.643. The van der Waals surface area contributed by atoms with Crippen LogP contribution < -0.4 is 4.90 Å². The van der Waals surface area contributed by atoms with E-state index in [1.807, 2.05) is 17.3 Å². The summed E-state index contributed by atoms with van der Waals surface area (Å²) in [6.07, 6.45) is 3.80. The zero-order chi connectivity index (χ0) is 14.0. The van der Waals surface area contributed by atoms with E-state index in [9.17, 15) is 4.79 Å². The smallest absolute Gasteiger partial charge is 0.225 e. The van der Waals surface area contributed by atoms with E-state index < -0.39 is 0 Å². The summed E-state index contributed by atoms with van der Waals surface area (Å²) in [6.45, 7) is 11.2. The minimum absolute atomic E-state index is 0.0753. The molecule has 1 aliphatic rings. The molecule has 1 aromatic rings. The molecule has 1 amide bonds. The highest BCUT2D eigenvalue weighted by molar-refractivity contribution is 5.73. The Balaban J connectivity index is 2.02. The second-order valence-corrected chi connectivity index (χ2v) is 6.01. The molecule has 1 aliphatic heterocycles. The number of carbonyl (C=O) groups is 1. The van der Waals surface area contributed by atoms with Crippen molar-refractivity contribution < 1.29 is 4.79 Å². The van der Waals surface area contributed by atoms with Crippen molar-refractivity contribution in [3.63, 3.8) is 0 Å². The highest BCUT2D eigenvalue weighted by atomic mass is 16.2. The number of hydrogen-bond donors (Lipinski definition) is 0. The van der Waals surface area contributed by atoms with Gasteiger partial charge in [-0.15, -0.1) is 0 Å². The van der Waals surface area contributed by atoms with Crippen molar-refractivity contribution >= 4 is 11.9 Å². The molecule has 19 heavy (non-hydrogen) atoms. The van der Waals surface area contributed by atoms with Crippen molar-refractivity contribution in [1.29, 1.82) is 0 Å². The maximum absolute atomic E-state index is 11.3. The Labute approximate surface area is 114 Å². The summed E-state index contributed by atoms with van der Waals surface area (Å²) in [5.41, 5.74) is 1.21. The first-order valence-corrected chi connectivity index (χ1v) is 6.71. The van der Waals surface area contributed by atoms with E-state index in [0.29, 0.717) is 0 Å². The van der Waals surface area contributed by atoms with Crippen molar-refractivity contribution in [3.8, 4) is 0 Å². The monoisotopic (exact) mass is 262 g/mol. The average Bonchev–Trinajstić information content (AvgIpc) is 2.38. The van der Waals surface area contributed by atoms with Gasteiger partial charge in [0.2, 0.25) is 11.9 Å². The van der Waals surface area contributed by atoms with Crippen LogP contribution in [0.1, 0.15) is 33.3 Å². The van der Waals surface area contributed by atoms with Gasteiger partial charge in [-0.25, -0.2) is 9.97 Å². The zero-order valence-corrected chi connectivity index (χ0v) is 12.2. The largest absolute Gasteiger partial charge is 0.339 e. The molecule has 0 saturated carbocycles. The highest BCUT2D eigenvalue weighted by Gasteiger charge is 2.21. The fourth-order valence-electron chi connectivity index (χ4n) is 2.09. The van der Waals surface area contributed by atoms with Crippen molar-refractivity contribution in [2.45, 2.75) is 33.1 Å². The van der Waals surface area contributed by atoms with Crippen LogP contribution in [0.2, 0.25) is 0 Å². The third-order valence-corrected chi connectivity index (χ3v) is 3.51. The van der Waals surface area contributed by atoms with Gasteiger partial charge in [-0.05, 0) is 11.0 Å². The third kappa shape index (κ3) is 3.22. The van der Waals surface area contributed by atoms with Gasteiger partial charge in [0, 0.05) is 45.5 Å². The summed E-state index contributed by atoms with van der Waals surface area (Å²) in [7, 11) is 0. The molecule has 0 radical (unpaired) electrons. The molecular formula is C14H22N4O. The van der Waals surface area contributed by atoms with Gasteiger partial charge in [-0.3, -0.25) is 4.79 Å². The molecule has 0 aromatic carbocycles. The van der Waals surface area contributed by atoms with E-state index in [0.717, 1.165) is 37.7 Å². The molecule has 5 nitrogen and oxygen atoms in total. The number of carbonyl (C=O) groups excluding carboxylic acids is 1. The Hall–Kier alpha value is -1.65. The van der Waals surface area contributed by atoms with Gasteiger partial charge >= 0.3 is 0 Å². The molecule has 0 bridgehead atoms. The first-order chi connectivity index (χ1) is 8.88. The maximum Gasteiger partial charge on any atom is 0.225 e. The molecule has 1 fully saturated rings. The van der Waals surface area contributed by atoms with Crippen molar-refractivity contribution in [1.82, 2.24) is 14.9 Å². The Morgan fingerprint density at radius 2 is 1.63 bits per heavy atom. The average molecular weight is 262 g/mol. The van der Waals surface area contributed by atoms with E-state index >= 15 is 0 Å². The molecule has 0 aliphatic carbocycles. The van der Waals surface area contributed by atoms with Crippen LogP contribution in [0, 0.1) is 0 Å². The first-order valence-electron chi connectivity index (χ1n) is 6.71. The number of anilines is 1. The van der Waals surface area contributed by atoms with Crippen LogP contribution in [0.4, 0.5) is 5.95 Å². The minimum Gasteiger partial charge on any atom is -0.339 e. The molecule has 0 spiro atoms. The lowest BCUT2D eigenvalue weighted by Gasteiger charge is -2.34. The highest BCUT2D eigenvalue weighted by Crippen LogP contribution is 2.21. The first kappa shape index (κ1) is 13.8. The zero-order valence-electron chi connectivity index (χ0n) is 12.2. The second-order valence-electron chi connectivity index (χ2n) is 6.01. The number of rotatable bonds is 1. The van der Waals surface area contributed by atoms with Gasteiger partial charge in [0.1, 0.15) is 0 Å². The maximum atomic E-state index is 11.3. The van der Waals surface area contributed by atoms with Gasteiger partial charge in [0.15, 0.2) is 0 Å². The van der Waals surface area contributed by atoms with Gasteiger partial charge < -0.3 is 9.80 Å². The van der Waals surface area contributed by atoms with Crippen molar-refractivity contribution in [2.24, 2.45) is 0 Å². The number of piperazine rings is 1. The molecule has 2 heterocycles. The summed E-state index contributed by atoms with van der Waals surface area (Å²) in [5, 5.41) is 0. The molecule has 1 saturated heterocycles. The van der Waals surface area contributed by atoms with E-state index in [4.69, 9.17) is 0 Å². The lowest BCUT2D eigenvalue weighted by molar-refractivity contribution is -0.129. The topological polar surface area (TPSA) is 49.3 Å². The number of hydrogen-bond acceptors (Lipinski definition) is 4. The van der Waals surface area contributed by atoms with Crippen LogP contribution in [-0.4, -0.2) is 47.0 Å². The Kier molecular flexibility index (Phi) is 3.73. The minimum atomic E-state index is 0.0753. The van der Waals surface area contributed by atoms with Crippen LogP contribution in [0.5, 0.6) is 0 Å². The molecule has 1 aromatic heterocycles. The molecule has 104 valence electrons. The fourth-order valence-corrected chi connectivity index (χ4v) is 2.09. The molecule has 5 heteroatoms. The normalized spacial score (nSPS) is 16.6. The van der Waals surface area contributed by atoms with Crippen LogP contribution in [0.15, 0.2) is 12.4 Å². The molecule has 0 unspecified atom stereocenters. The summed E-state index contributed by atoms with van der Waals surface area (Å²) < 4.78 is 0. The van der Waals surface area contributed by atoms with Crippen LogP contribution >= 0.6 is 0 Å². The Morgan fingerprint density at radius 3 is 2.05 bits per heavy atom. The molecule has 0 atom stereocenters. The van der Waals surface area contributed by atoms with Gasteiger partial charge in [-0.1, -0.05) is 20.8 Å². The Morgan fingerprint density at radius 1 is 1.11 bits per heavy atom. The molecular weight excluding hydrogens is 240 g/mol. The van der Waals surface area contributed by atoms with Crippen LogP contribution in [-0.2, 0) is 10.2 Å². The summed E-state index contributed by atoms with van der Waals surface area (Å²) in [5.74, 6) is 0.903. The standard InChI is InChI=1S/C14H22N4O/c1-11(19)17-5-7-18(8-6-17)13-15-9-12(10-16-13)14(2,3)4/h9-10H,5-8H2,1-4H3. The second kappa shape index (κ2) is 5.15. The molecule has 0 N–H and O–H groups in total. The van der Waals surface area contributed by atoms with Crippen LogP contribution in [0.3, 0.4) is 0 Å². The number of amides is 1. The number of aromatic nitrogens is 2. The molecule has 2 rings (SSSR count). The Bertz CT molecular complexity index is 442. The summed E-state index contributed by atoms with van der Waals surface area (Å²) >= 11 is 0. The SMILES string of the molecule is CC(=O)N1CCN(c2ncc(C(C)(C)C)cn2)CC1. The lowest BCUT2D eigenvalue weighted by Crippen LogP contribution is -2.48. The van der Waals surface area contributed by atoms with Crippen LogP contribution in [0.25, 0.3) is 0 Å². The lowest BCUT2D eigenvalue weighted by atomic mass is 9.89. The van der Waals surface area contributed by atoms with Crippen molar-refractivity contribution in [3.05, 3.63) is 18.0 Å². The quantitative estimate of drug-likeness (QED) is 0.768. The van der Waals surface area contributed by atoms with E-state index in [1.54, 1.807) is 6.92 Å². The summed E-state index contributed by atoms with van der Waals surface area (Å²) in [6, 6.07) is 0. The van der Waals surface area contributed by atoms with Gasteiger partial charge in [0.25, 0.3) is 0 Å². The predicted octanol–water partition coefficient (Wildman–Crippen LogP) is 1.44. The van der Waals surface area contributed by atoms with E-state index in [1.165, 1.54) is 0 Å². The number of nitrogens with zero attached hydrogens (tertiary/aromatic N) is 4. The predicted molar refractivity (Wildman–Crippen MR) is 75.2 cm³/mol. The third-order valence-electron chi connectivity index (χ3n) is 3.51. The van der Waals surface area contributed by atoms with E-state index in [2.05, 4.69) is 35.6 Å². The van der Waals surface area contributed by atoms with Crippen molar-refractivity contribution in [2.75, 3.05) is 31.1 Å².